The van der Waals surface area contributed by atoms with Gasteiger partial charge in [-0.25, -0.2) is 13.8 Å². The largest absolute Gasteiger partial charge is 0.390 e. The van der Waals surface area contributed by atoms with Crippen LogP contribution in [0, 0.1) is 25.5 Å². The molecule has 0 radical (unpaired) electrons. The van der Waals surface area contributed by atoms with E-state index in [0.717, 1.165) is 35.9 Å². The zero-order chi connectivity index (χ0) is 28.4. The van der Waals surface area contributed by atoms with Gasteiger partial charge in [-0.2, -0.15) is 0 Å². The van der Waals surface area contributed by atoms with E-state index < -0.39 is 35.6 Å². The number of aliphatic hydroxyl groups excluding tert-OH is 1. The molecule has 3 aromatic rings. The van der Waals surface area contributed by atoms with Gasteiger partial charge in [0.05, 0.1) is 29.7 Å². The highest BCUT2D eigenvalue weighted by Gasteiger charge is 2.23. The van der Waals surface area contributed by atoms with Gasteiger partial charge in [-0.1, -0.05) is 31.2 Å². The van der Waals surface area contributed by atoms with Gasteiger partial charge in [0.25, 0.3) is 0 Å². The van der Waals surface area contributed by atoms with Crippen molar-refractivity contribution in [3.05, 3.63) is 88.4 Å². The van der Waals surface area contributed by atoms with Crippen LogP contribution < -0.4 is 16.0 Å². The zero-order valence-corrected chi connectivity index (χ0v) is 22.4. The molecular weight excluding hydrogens is 504 g/mol. The fourth-order valence-corrected chi connectivity index (χ4v) is 4.15. The Kier molecular flexibility index (Phi) is 11.0. The molecule has 0 spiro atoms. The van der Waals surface area contributed by atoms with E-state index >= 15 is 0 Å². The van der Waals surface area contributed by atoms with Gasteiger partial charge < -0.3 is 21.1 Å². The van der Waals surface area contributed by atoms with Crippen LogP contribution >= 0.6 is 0 Å². The number of aromatic nitrogens is 2. The zero-order valence-electron chi connectivity index (χ0n) is 22.4. The second-order valence-electron chi connectivity index (χ2n) is 9.52. The summed E-state index contributed by atoms with van der Waals surface area (Å²) in [7, 11) is 0. The smallest absolute Gasteiger partial charge is 0.226 e. The summed E-state index contributed by atoms with van der Waals surface area (Å²) in [5, 5.41) is 19.4. The van der Waals surface area contributed by atoms with E-state index in [1.54, 1.807) is 13.8 Å². The second-order valence-corrected chi connectivity index (χ2v) is 9.52. The molecule has 0 aliphatic rings. The first-order valence-corrected chi connectivity index (χ1v) is 12.9. The minimum atomic E-state index is -1.06. The summed E-state index contributed by atoms with van der Waals surface area (Å²) in [6.45, 7) is 6.21. The summed E-state index contributed by atoms with van der Waals surface area (Å²) in [4.78, 5) is 33.5. The molecule has 0 saturated carbocycles. The summed E-state index contributed by atoms with van der Waals surface area (Å²) >= 11 is 0. The number of hydrogen-bond donors (Lipinski definition) is 4. The second kappa shape index (κ2) is 14.4. The molecule has 0 unspecified atom stereocenters. The highest BCUT2D eigenvalue weighted by Crippen LogP contribution is 2.13. The summed E-state index contributed by atoms with van der Waals surface area (Å²) < 4.78 is 27.6. The molecular formula is C29H35F2N5O3. The normalized spacial score (nSPS) is 12.6. The Balaban J connectivity index is 1.60. The Hall–Kier alpha value is -3.76. The minimum absolute atomic E-state index is 0.00106. The number of anilines is 1. The maximum absolute atomic E-state index is 13.8. The average Bonchev–Trinajstić information content (AvgIpc) is 2.88. The first kappa shape index (κ1) is 29.8. The lowest BCUT2D eigenvalue weighted by atomic mass is 10.00. The number of amides is 2. The molecule has 0 fully saturated rings. The van der Waals surface area contributed by atoms with E-state index in [-0.39, 0.29) is 25.8 Å². The number of nitrogens with zero attached hydrogens (tertiary/aromatic N) is 2. The lowest BCUT2D eigenvalue weighted by Crippen LogP contribution is -2.48. The predicted molar refractivity (Wildman–Crippen MR) is 145 cm³/mol. The summed E-state index contributed by atoms with van der Waals surface area (Å²) in [5.41, 5.74) is 3.82. The fraction of sp³-hybridized carbons (Fsp3) is 0.379. The number of hydrogen-bond acceptors (Lipinski definition) is 6. The first-order chi connectivity index (χ1) is 18.6. The number of halogens is 2. The van der Waals surface area contributed by atoms with Crippen molar-refractivity contribution in [3.63, 3.8) is 0 Å². The number of nitrogens with one attached hydrogen (secondary N) is 3. The van der Waals surface area contributed by atoms with Gasteiger partial charge in [-0.05, 0) is 55.5 Å². The summed E-state index contributed by atoms with van der Waals surface area (Å²) in [6.07, 6.45) is 1.11. The van der Waals surface area contributed by atoms with Crippen molar-refractivity contribution in [3.8, 4) is 0 Å². The molecule has 0 aliphatic heterocycles. The standard InChI is InChI=1S/C29H35F2N5O3/c1-4-20-6-5-7-21(10-20)16-32-17-26(37)25(13-22-11-23(30)14-24(31)12-22)35-27(38)8-9-28(39)36-29-19(3)34-18(2)15-33-29/h5-7,10-12,14-15,25-26,32,37H,4,8-9,13,16-17H2,1-3H3,(H,35,38)(H,33,36,39)/t25-,26+/m0/s1. The maximum Gasteiger partial charge on any atom is 0.226 e. The molecule has 2 amide bonds. The lowest BCUT2D eigenvalue weighted by molar-refractivity contribution is -0.125. The van der Waals surface area contributed by atoms with Gasteiger partial charge in [-0.3, -0.25) is 14.6 Å². The number of rotatable bonds is 13. The Bertz CT molecular complexity index is 1270. The van der Waals surface area contributed by atoms with Gasteiger partial charge >= 0.3 is 0 Å². The molecule has 0 saturated heterocycles. The van der Waals surface area contributed by atoms with Crippen LogP contribution in [-0.4, -0.2) is 45.6 Å². The number of aryl methyl sites for hydroxylation is 3. The van der Waals surface area contributed by atoms with Crippen LogP contribution in [0.4, 0.5) is 14.6 Å². The Morgan fingerprint density at radius 3 is 2.36 bits per heavy atom. The van der Waals surface area contributed by atoms with Crippen LogP contribution in [0.15, 0.2) is 48.7 Å². The number of aliphatic hydroxyl groups is 1. The topological polar surface area (TPSA) is 116 Å². The lowest BCUT2D eigenvalue weighted by Gasteiger charge is -2.25. The highest BCUT2D eigenvalue weighted by molar-refractivity contribution is 5.92. The van der Waals surface area contributed by atoms with E-state index in [4.69, 9.17) is 0 Å². The van der Waals surface area contributed by atoms with Gasteiger partial charge in [0.2, 0.25) is 11.8 Å². The molecule has 2 aromatic carbocycles. The highest BCUT2D eigenvalue weighted by atomic mass is 19.1. The quantitative estimate of drug-likeness (QED) is 0.264. The van der Waals surface area contributed by atoms with E-state index in [9.17, 15) is 23.5 Å². The third-order valence-electron chi connectivity index (χ3n) is 6.18. The molecule has 1 heterocycles. The molecule has 1 aromatic heterocycles. The first-order valence-electron chi connectivity index (χ1n) is 12.9. The SMILES string of the molecule is CCc1cccc(CNC[C@@H](O)[C@H](Cc2cc(F)cc(F)c2)NC(=O)CCC(=O)Nc2ncc(C)nc2C)c1. The van der Waals surface area contributed by atoms with E-state index in [0.29, 0.717) is 23.6 Å². The summed E-state index contributed by atoms with van der Waals surface area (Å²) in [6, 6.07) is 10.3. The van der Waals surface area contributed by atoms with Gasteiger partial charge in [0.15, 0.2) is 5.82 Å². The molecule has 10 heteroatoms. The number of carbonyl (C=O) groups excluding carboxylic acids is 2. The van der Waals surface area contributed by atoms with Gasteiger partial charge in [-0.15, -0.1) is 0 Å². The van der Waals surface area contributed by atoms with E-state index in [2.05, 4.69) is 38.9 Å². The Labute approximate surface area is 227 Å². The molecule has 8 nitrogen and oxygen atoms in total. The third kappa shape index (κ3) is 9.81. The molecule has 0 bridgehead atoms. The van der Waals surface area contributed by atoms with Crippen molar-refractivity contribution in [2.75, 3.05) is 11.9 Å². The van der Waals surface area contributed by atoms with Crippen molar-refractivity contribution in [2.45, 2.75) is 65.1 Å². The van der Waals surface area contributed by atoms with Crippen molar-refractivity contribution in [1.29, 1.82) is 0 Å². The molecule has 0 aliphatic carbocycles. The van der Waals surface area contributed by atoms with Crippen molar-refractivity contribution in [1.82, 2.24) is 20.6 Å². The van der Waals surface area contributed by atoms with Crippen LogP contribution in [0.3, 0.4) is 0 Å². The maximum atomic E-state index is 13.8. The van der Waals surface area contributed by atoms with Crippen molar-refractivity contribution >= 4 is 17.6 Å². The van der Waals surface area contributed by atoms with Crippen LogP contribution in [0.5, 0.6) is 0 Å². The van der Waals surface area contributed by atoms with Gasteiger partial charge in [0, 0.05) is 32.0 Å². The van der Waals surface area contributed by atoms with Crippen molar-refractivity contribution < 1.29 is 23.5 Å². The van der Waals surface area contributed by atoms with Crippen molar-refractivity contribution in [2.24, 2.45) is 0 Å². The predicted octanol–water partition coefficient (Wildman–Crippen LogP) is 3.53. The van der Waals surface area contributed by atoms with Crippen LogP contribution in [0.25, 0.3) is 0 Å². The molecule has 4 N–H and O–H groups in total. The molecule has 208 valence electrons. The van der Waals surface area contributed by atoms with Crippen LogP contribution in [-0.2, 0) is 29.0 Å². The van der Waals surface area contributed by atoms with Gasteiger partial charge in [0.1, 0.15) is 11.6 Å². The van der Waals surface area contributed by atoms with E-state index in [1.165, 1.54) is 11.8 Å². The molecule has 39 heavy (non-hydrogen) atoms. The van der Waals surface area contributed by atoms with E-state index in [1.807, 2.05) is 18.2 Å². The number of carbonyl (C=O) groups is 2. The summed E-state index contributed by atoms with van der Waals surface area (Å²) in [5.74, 6) is -2.06. The number of benzene rings is 2. The fourth-order valence-electron chi connectivity index (χ4n) is 4.15. The monoisotopic (exact) mass is 539 g/mol. The van der Waals surface area contributed by atoms with Crippen LogP contribution in [0.2, 0.25) is 0 Å². The Morgan fingerprint density at radius 1 is 0.974 bits per heavy atom. The Morgan fingerprint density at radius 2 is 1.67 bits per heavy atom. The van der Waals surface area contributed by atoms with Crippen LogP contribution in [0.1, 0.15) is 47.8 Å². The minimum Gasteiger partial charge on any atom is -0.390 e. The molecule has 3 rings (SSSR count). The average molecular weight is 540 g/mol. The third-order valence-corrected chi connectivity index (χ3v) is 6.18. The molecule has 2 atom stereocenters.